The molecule has 0 radical (unpaired) electrons. The summed E-state index contributed by atoms with van der Waals surface area (Å²) >= 11 is 0. The molecular weight excluding hydrogens is 777 g/mol. The van der Waals surface area contributed by atoms with E-state index in [0.717, 1.165) is 66.6 Å². The molecule has 11 aromatic rings. The maximum absolute atomic E-state index is 5.50. The summed E-state index contributed by atoms with van der Waals surface area (Å²) in [5.74, 6) is 0. The summed E-state index contributed by atoms with van der Waals surface area (Å²) in [7, 11) is -2.54. The van der Waals surface area contributed by atoms with Crippen molar-refractivity contribution >= 4 is 50.6 Å². The van der Waals surface area contributed by atoms with Gasteiger partial charge in [-0.2, -0.15) is 0 Å². The standard InChI is InChI=1S/C60H40N2Si/c1-5-17-43(18-6-1)53-39-55(45-21-9-3-10-22-45)61-59-51(53)37-38-52-54(44-19-7-2-8-20-44)40-56(62-60(52)59)46-31-29-41(30-32-46)42-33-35-48(36-34-42)63(47-23-11-4-12-24-47)57-27-15-13-25-49(57)50-26-14-16-28-58(50)63/h1-40H. The van der Waals surface area contributed by atoms with Crippen molar-refractivity contribution in [3.8, 4) is 67.0 Å². The Morgan fingerprint density at radius 1 is 0.254 bits per heavy atom. The van der Waals surface area contributed by atoms with E-state index >= 15 is 0 Å². The van der Waals surface area contributed by atoms with Gasteiger partial charge in [0.15, 0.2) is 8.07 Å². The minimum atomic E-state index is -2.54. The van der Waals surface area contributed by atoms with E-state index in [4.69, 9.17) is 9.97 Å². The van der Waals surface area contributed by atoms with Crippen LogP contribution in [0.3, 0.4) is 0 Å². The van der Waals surface area contributed by atoms with Gasteiger partial charge in [0.2, 0.25) is 0 Å². The summed E-state index contributed by atoms with van der Waals surface area (Å²) in [6.07, 6.45) is 0. The maximum atomic E-state index is 5.50. The Kier molecular flexibility index (Phi) is 8.87. The number of pyridine rings is 2. The molecule has 0 spiro atoms. The average molecular weight is 817 g/mol. The van der Waals surface area contributed by atoms with E-state index in [2.05, 4.69) is 243 Å². The number of hydrogen-bond donors (Lipinski definition) is 0. The number of aromatic nitrogens is 2. The van der Waals surface area contributed by atoms with Crippen LogP contribution in [-0.4, -0.2) is 18.0 Å². The van der Waals surface area contributed by atoms with E-state index in [1.54, 1.807) is 0 Å². The van der Waals surface area contributed by atoms with E-state index in [0.29, 0.717) is 0 Å². The Bertz CT molecular complexity index is 3410. The summed E-state index contributed by atoms with van der Waals surface area (Å²) < 4.78 is 0. The highest BCUT2D eigenvalue weighted by Gasteiger charge is 2.48. The zero-order valence-corrected chi connectivity index (χ0v) is 35.5. The highest BCUT2D eigenvalue weighted by Crippen LogP contribution is 2.40. The molecule has 0 saturated heterocycles. The molecular formula is C60H40N2Si. The average Bonchev–Trinajstić information content (AvgIpc) is 3.68. The lowest BCUT2D eigenvalue weighted by atomic mass is 9.93. The van der Waals surface area contributed by atoms with Gasteiger partial charge in [-0.3, -0.25) is 0 Å². The first-order valence-corrected chi connectivity index (χ1v) is 23.6. The van der Waals surface area contributed by atoms with Gasteiger partial charge in [-0.15, -0.1) is 0 Å². The minimum Gasteiger partial charge on any atom is -0.245 e. The zero-order valence-electron chi connectivity index (χ0n) is 34.5. The van der Waals surface area contributed by atoms with Gasteiger partial charge >= 0.3 is 0 Å². The SMILES string of the molecule is c1ccc(-c2cc(-c3ccccc3)c3ccc4c(-c5ccccc5)cc(-c5ccc(-c6ccc([Si]7(c8ccccc8)c8ccccc8-c8ccccc87)cc6)cc5)nc4c3n2)cc1. The molecule has 0 bridgehead atoms. The second-order valence-electron chi connectivity index (χ2n) is 16.4. The lowest BCUT2D eigenvalue weighted by Crippen LogP contribution is -2.72. The fourth-order valence-electron chi connectivity index (χ4n) is 10.1. The Hall–Kier alpha value is -7.98. The van der Waals surface area contributed by atoms with Gasteiger partial charge in [0.1, 0.15) is 0 Å². The molecule has 0 atom stereocenters. The van der Waals surface area contributed by atoms with Gasteiger partial charge in [-0.05, 0) is 77.4 Å². The van der Waals surface area contributed by atoms with Gasteiger partial charge in [-0.1, -0.05) is 231 Å². The third kappa shape index (κ3) is 6.08. The highest BCUT2D eigenvalue weighted by atomic mass is 28.3. The van der Waals surface area contributed by atoms with Gasteiger partial charge in [0, 0.05) is 21.9 Å². The molecule has 1 aliphatic rings. The van der Waals surface area contributed by atoms with Gasteiger partial charge in [0.05, 0.1) is 22.4 Å². The van der Waals surface area contributed by atoms with Crippen molar-refractivity contribution in [1.29, 1.82) is 0 Å². The van der Waals surface area contributed by atoms with Crippen LogP contribution in [0, 0.1) is 0 Å². The summed E-state index contributed by atoms with van der Waals surface area (Å²) in [4.78, 5) is 10.9. The first kappa shape index (κ1) is 36.8. The van der Waals surface area contributed by atoms with Crippen molar-refractivity contribution in [2.75, 3.05) is 0 Å². The van der Waals surface area contributed by atoms with Crippen molar-refractivity contribution in [3.63, 3.8) is 0 Å². The van der Waals surface area contributed by atoms with E-state index in [-0.39, 0.29) is 0 Å². The van der Waals surface area contributed by atoms with Crippen molar-refractivity contribution < 1.29 is 0 Å². The predicted molar refractivity (Wildman–Crippen MR) is 267 cm³/mol. The summed E-state index contributed by atoms with van der Waals surface area (Å²) in [5.41, 5.74) is 15.4. The second kappa shape index (κ2) is 15.2. The molecule has 0 fully saturated rings. The Morgan fingerprint density at radius 2 is 0.603 bits per heavy atom. The van der Waals surface area contributed by atoms with Crippen molar-refractivity contribution in [1.82, 2.24) is 9.97 Å². The Labute approximate surface area is 368 Å². The normalized spacial score (nSPS) is 12.6. The summed E-state index contributed by atoms with van der Waals surface area (Å²) in [6.45, 7) is 0. The molecule has 0 N–H and O–H groups in total. The maximum Gasteiger partial charge on any atom is 0.180 e. The van der Waals surface area contributed by atoms with Gasteiger partial charge < -0.3 is 0 Å². The van der Waals surface area contributed by atoms with Crippen LogP contribution in [0.5, 0.6) is 0 Å². The summed E-state index contributed by atoms with van der Waals surface area (Å²) in [6, 6.07) is 88.3. The summed E-state index contributed by atoms with van der Waals surface area (Å²) in [5, 5.41) is 7.89. The zero-order chi connectivity index (χ0) is 41.7. The van der Waals surface area contributed by atoms with Crippen molar-refractivity contribution in [2.24, 2.45) is 0 Å². The van der Waals surface area contributed by atoms with Crippen LogP contribution in [0.25, 0.3) is 88.8 Å². The van der Waals surface area contributed by atoms with E-state index in [9.17, 15) is 0 Å². The molecule has 2 nitrogen and oxygen atoms in total. The first-order chi connectivity index (χ1) is 31.2. The van der Waals surface area contributed by atoms with E-state index < -0.39 is 8.07 Å². The molecule has 294 valence electrons. The molecule has 0 aliphatic carbocycles. The van der Waals surface area contributed by atoms with E-state index in [1.807, 2.05) is 0 Å². The monoisotopic (exact) mass is 816 g/mol. The molecule has 1 aliphatic heterocycles. The quantitative estimate of drug-likeness (QED) is 0.118. The molecule has 3 heterocycles. The largest absolute Gasteiger partial charge is 0.245 e. The number of nitrogens with zero attached hydrogens (tertiary/aromatic N) is 2. The van der Waals surface area contributed by atoms with Crippen LogP contribution in [0.15, 0.2) is 243 Å². The van der Waals surface area contributed by atoms with Crippen molar-refractivity contribution in [2.45, 2.75) is 0 Å². The van der Waals surface area contributed by atoms with Crippen LogP contribution < -0.4 is 20.7 Å². The number of fused-ring (bicyclic) bond motifs is 6. The molecule has 63 heavy (non-hydrogen) atoms. The van der Waals surface area contributed by atoms with Crippen LogP contribution in [0.4, 0.5) is 0 Å². The number of benzene rings is 9. The molecule has 3 heteroatoms. The smallest absolute Gasteiger partial charge is 0.180 e. The second-order valence-corrected chi connectivity index (χ2v) is 20.2. The van der Waals surface area contributed by atoms with Crippen LogP contribution >= 0.6 is 0 Å². The lowest BCUT2D eigenvalue weighted by molar-refractivity contribution is 1.36. The fraction of sp³-hybridized carbons (Fsp3) is 0. The molecule has 2 aromatic heterocycles. The lowest BCUT2D eigenvalue weighted by Gasteiger charge is -2.31. The third-order valence-corrected chi connectivity index (χ3v) is 17.9. The molecule has 0 saturated carbocycles. The first-order valence-electron chi connectivity index (χ1n) is 21.6. The molecule has 9 aromatic carbocycles. The molecule has 0 amide bonds. The third-order valence-electron chi connectivity index (χ3n) is 13.0. The molecule has 12 rings (SSSR count). The predicted octanol–water partition coefficient (Wildman–Crippen LogP) is 12.5. The van der Waals surface area contributed by atoms with Crippen LogP contribution in [0.1, 0.15) is 0 Å². The highest BCUT2D eigenvalue weighted by molar-refractivity contribution is 7.22. The van der Waals surface area contributed by atoms with E-state index in [1.165, 1.54) is 43.0 Å². The van der Waals surface area contributed by atoms with Crippen molar-refractivity contribution in [3.05, 3.63) is 243 Å². The minimum absolute atomic E-state index is 0.894. The number of rotatable bonds is 7. The number of hydrogen-bond acceptors (Lipinski definition) is 2. The fourth-order valence-corrected chi connectivity index (χ4v) is 15.2. The molecule has 0 unspecified atom stereocenters. The van der Waals surface area contributed by atoms with Gasteiger partial charge in [0.25, 0.3) is 0 Å². The Balaban J connectivity index is 0.985. The van der Waals surface area contributed by atoms with Crippen LogP contribution in [0.2, 0.25) is 0 Å². The van der Waals surface area contributed by atoms with Gasteiger partial charge in [-0.25, -0.2) is 9.97 Å². The van der Waals surface area contributed by atoms with Crippen LogP contribution in [-0.2, 0) is 0 Å². The Morgan fingerprint density at radius 3 is 1.08 bits per heavy atom. The topological polar surface area (TPSA) is 25.8 Å².